The molecule has 11 heteroatoms. The third kappa shape index (κ3) is 7.87. The Morgan fingerprint density at radius 2 is 1.67 bits per heavy atom. The van der Waals surface area contributed by atoms with Crippen molar-refractivity contribution in [3.8, 4) is 0 Å². The number of hydrogen-bond donors (Lipinski definition) is 3. The number of methoxy groups -OCH3 is 1. The number of amides is 1. The van der Waals surface area contributed by atoms with Crippen LogP contribution in [0.25, 0.3) is 0 Å². The Morgan fingerprint density at radius 1 is 1.03 bits per heavy atom. The number of hydrogen-bond acceptors (Lipinski definition) is 7. The zero-order valence-corrected chi connectivity index (χ0v) is 21.8. The maximum absolute atomic E-state index is 13.3. The molecule has 0 fully saturated rings. The smallest absolute Gasteiger partial charge is 0.357 e. The molecule has 0 saturated heterocycles. The van der Waals surface area contributed by atoms with Crippen molar-refractivity contribution in [2.45, 2.75) is 38.6 Å². The first-order chi connectivity index (χ1) is 17.1. The lowest BCUT2D eigenvalue weighted by Gasteiger charge is -2.21. The van der Waals surface area contributed by atoms with Crippen molar-refractivity contribution in [1.29, 1.82) is 0 Å². The van der Waals surface area contributed by atoms with Crippen molar-refractivity contribution >= 4 is 39.2 Å². The van der Waals surface area contributed by atoms with E-state index in [4.69, 9.17) is 14.3 Å². The van der Waals surface area contributed by atoms with E-state index in [0.717, 1.165) is 16.1 Å². The lowest BCUT2D eigenvalue weighted by Crippen LogP contribution is -2.40. The summed E-state index contributed by atoms with van der Waals surface area (Å²) in [5.41, 5.74) is 2.49. The second-order valence-electron chi connectivity index (χ2n) is 8.57. The van der Waals surface area contributed by atoms with Gasteiger partial charge in [0.05, 0.1) is 29.5 Å². The Kier molecular flexibility index (Phi) is 9.19. The molecule has 0 unspecified atom stereocenters. The lowest BCUT2D eigenvalue weighted by atomic mass is 9.97. The van der Waals surface area contributed by atoms with Gasteiger partial charge in [0.25, 0.3) is 0 Å². The molecule has 3 rings (SSSR count). The van der Waals surface area contributed by atoms with E-state index in [9.17, 15) is 18.0 Å². The number of thiazole rings is 1. The summed E-state index contributed by atoms with van der Waals surface area (Å²) in [6.45, 7) is 4.06. The monoisotopic (exact) mass is 531 g/mol. The molecule has 3 N–H and O–H groups in total. The maximum Gasteiger partial charge on any atom is 0.357 e. The quantitative estimate of drug-likeness (QED) is 0.194. The minimum Gasteiger partial charge on any atom is -0.468 e. The van der Waals surface area contributed by atoms with Crippen LogP contribution in [0.2, 0.25) is 0 Å². The Labute approximate surface area is 214 Å². The highest BCUT2D eigenvalue weighted by Gasteiger charge is 2.30. The largest absolute Gasteiger partial charge is 0.468 e. The molecule has 0 saturated carbocycles. The molecular weight excluding hydrogens is 502 g/mol. The molecule has 0 radical (unpaired) electrons. The Hall–Kier alpha value is -3.28. The predicted octanol–water partition coefficient (Wildman–Crippen LogP) is 3.91. The highest BCUT2D eigenvalue weighted by Crippen LogP contribution is 2.26. The topological polar surface area (TPSA) is 135 Å². The third-order valence-electron chi connectivity index (χ3n) is 5.43. The molecule has 192 valence electrons. The Bertz CT molecular complexity index is 1270. The van der Waals surface area contributed by atoms with Crippen LogP contribution in [0, 0.1) is 5.92 Å². The van der Waals surface area contributed by atoms with E-state index in [-0.39, 0.29) is 18.0 Å². The number of carbonyl (C=O) groups excluding carboxylic acids is 2. The molecule has 0 bridgehead atoms. The summed E-state index contributed by atoms with van der Waals surface area (Å²) in [6.07, 6.45) is 0.536. The van der Waals surface area contributed by atoms with Gasteiger partial charge in [0.2, 0.25) is 5.91 Å². The fourth-order valence-corrected chi connectivity index (χ4v) is 4.92. The molecule has 2 atom stereocenters. The summed E-state index contributed by atoms with van der Waals surface area (Å²) in [7, 11) is -3.13. The van der Waals surface area contributed by atoms with Crippen molar-refractivity contribution in [1.82, 2.24) is 10.3 Å². The first-order valence-electron chi connectivity index (χ1n) is 11.3. The summed E-state index contributed by atoms with van der Waals surface area (Å²) in [5.74, 6) is -1.92. The normalized spacial score (nSPS) is 13.1. The number of ether oxygens (including phenoxy) is 1. The average Bonchev–Trinajstić information content (AvgIpc) is 3.33. The second-order valence-corrected chi connectivity index (χ2v) is 10.6. The van der Waals surface area contributed by atoms with Gasteiger partial charge in [-0.2, -0.15) is 8.42 Å². The van der Waals surface area contributed by atoms with E-state index in [1.54, 1.807) is 12.1 Å². The van der Waals surface area contributed by atoms with E-state index >= 15 is 0 Å². The predicted molar refractivity (Wildman–Crippen MR) is 138 cm³/mol. The van der Waals surface area contributed by atoms with Gasteiger partial charge < -0.3 is 10.1 Å². The highest BCUT2D eigenvalue weighted by atomic mass is 32.2. The SMILES string of the molecule is COC(=O)[C@@H](Cc1ccccc1)C(=O)N[C@@H](Cc1ccc(NS(=O)(=O)O)cc1)c1csc(C(C)C)n1. The first kappa shape index (κ1) is 27.3. The van der Waals surface area contributed by atoms with Crippen LogP contribution >= 0.6 is 11.3 Å². The number of aromatic nitrogens is 1. The summed E-state index contributed by atoms with van der Waals surface area (Å²) < 4.78 is 38.0. The van der Waals surface area contributed by atoms with Gasteiger partial charge in [-0.3, -0.25) is 18.9 Å². The van der Waals surface area contributed by atoms with E-state index in [1.807, 2.05) is 54.3 Å². The number of anilines is 1. The number of benzene rings is 2. The molecule has 36 heavy (non-hydrogen) atoms. The lowest BCUT2D eigenvalue weighted by molar-refractivity contribution is -0.150. The van der Waals surface area contributed by atoms with Gasteiger partial charge in [0.1, 0.15) is 5.92 Å². The van der Waals surface area contributed by atoms with Crippen molar-refractivity contribution in [3.05, 3.63) is 81.8 Å². The van der Waals surface area contributed by atoms with Crippen molar-refractivity contribution in [2.24, 2.45) is 5.92 Å². The van der Waals surface area contributed by atoms with Gasteiger partial charge >= 0.3 is 16.3 Å². The van der Waals surface area contributed by atoms with E-state index in [2.05, 4.69) is 5.32 Å². The molecule has 9 nitrogen and oxygen atoms in total. The molecule has 0 aliphatic rings. The molecule has 1 heterocycles. The van der Waals surface area contributed by atoms with Gasteiger partial charge in [0, 0.05) is 11.3 Å². The summed E-state index contributed by atoms with van der Waals surface area (Å²) in [5, 5.41) is 5.79. The van der Waals surface area contributed by atoms with Gasteiger partial charge in [-0.25, -0.2) is 4.98 Å². The fraction of sp³-hybridized carbons (Fsp3) is 0.320. The average molecular weight is 532 g/mol. The minimum atomic E-state index is -4.38. The summed E-state index contributed by atoms with van der Waals surface area (Å²) in [4.78, 5) is 30.5. The van der Waals surface area contributed by atoms with Crippen molar-refractivity contribution < 1.29 is 27.3 Å². The van der Waals surface area contributed by atoms with Crippen molar-refractivity contribution in [3.63, 3.8) is 0 Å². The molecule has 3 aromatic rings. The van der Waals surface area contributed by atoms with Crippen LogP contribution in [0.1, 0.15) is 47.6 Å². The molecular formula is C25H29N3O6S2. The van der Waals surface area contributed by atoms with E-state index in [1.165, 1.54) is 30.6 Å². The van der Waals surface area contributed by atoms with Crippen LogP contribution in [-0.2, 0) is 37.5 Å². The van der Waals surface area contributed by atoms with Gasteiger partial charge in [-0.1, -0.05) is 56.3 Å². The zero-order chi connectivity index (χ0) is 26.3. The molecule has 1 aromatic heterocycles. The third-order valence-corrected chi connectivity index (χ3v) is 7.09. The summed E-state index contributed by atoms with van der Waals surface area (Å²) >= 11 is 1.50. The molecule has 0 aliphatic heterocycles. The van der Waals surface area contributed by atoms with Crippen LogP contribution in [0.15, 0.2) is 60.0 Å². The number of carbonyl (C=O) groups is 2. The van der Waals surface area contributed by atoms with Crippen LogP contribution in [0.4, 0.5) is 5.69 Å². The number of nitrogens with zero attached hydrogens (tertiary/aromatic N) is 1. The molecule has 2 aromatic carbocycles. The van der Waals surface area contributed by atoms with Gasteiger partial charge in [-0.05, 0) is 36.1 Å². The number of rotatable bonds is 11. The number of nitrogens with one attached hydrogen (secondary N) is 2. The van der Waals surface area contributed by atoms with Crippen LogP contribution in [0.3, 0.4) is 0 Å². The molecule has 1 amide bonds. The van der Waals surface area contributed by atoms with Crippen LogP contribution in [0.5, 0.6) is 0 Å². The maximum atomic E-state index is 13.3. The molecule has 0 spiro atoms. The van der Waals surface area contributed by atoms with Gasteiger partial charge in [0.15, 0.2) is 0 Å². The van der Waals surface area contributed by atoms with Crippen LogP contribution < -0.4 is 10.0 Å². The number of esters is 1. The highest BCUT2D eigenvalue weighted by molar-refractivity contribution is 7.87. The van der Waals surface area contributed by atoms with E-state index in [0.29, 0.717) is 12.1 Å². The second kappa shape index (κ2) is 12.1. The van der Waals surface area contributed by atoms with Gasteiger partial charge in [-0.15, -0.1) is 11.3 Å². The standard InChI is InChI=1S/C25H29N3O6S2/c1-16(2)24-27-22(15-35-24)21(14-18-9-11-19(12-10-18)28-36(31,32)33)26-23(29)20(25(30)34-3)13-17-7-5-4-6-8-17/h4-12,15-16,20-21,28H,13-14H2,1-3H3,(H,26,29)(H,31,32,33)/t20-,21-/m0/s1. The zero-order valence-electron chi connectivity index (χ0n) is 20.2. The minimum absolute atomic E-state index is 0.191. The van der Waals surface area contributed by atoms with Crippen molar-refractivity contribution in [2.75, 3.05) is 11.8 Å². The van der Waals surface area contributed by atoms with E-state index < -0.39 is 34.1 Å². The Balaban J connectivity index is 1.85. The molecule has 0 aliphatic carbocycles. The summed E-state index contributed by atoms with van der Waals surface area (Å²) in [6, 6.07) is 15.1. The first-order valence-corrected chi connectivity index (χ1v) is 13.6. The fourth-order valence-electron chi connectivity index (χ4n) is 3.60. The Morgan fingerprint density at radius 3 is 2.22 bits per heavy atom. The van der Waals surface area contributed by atoms with Crippen LogP contribution in [-0.4, -0.2) is 36.9 Å².